The van der Waals surface area contributed by atoms with Gasteiger partial charge in [0.25, 0.3) is 0 Å². The number of H-pyrrole nitrogens is 1. The number of rotatable bonds is 6. The molecular formula is C10H13N5O2S. The van der Waals surface area contributed by atoms with Crippen LogP contribution in [0.25, 0.3) is 0 Å². The second kappa shape index (κ2) is 5.58. The minimum absolute atomic E-state index is 0.106. The summed E-state index contributed by atoms with van der Waals surface area (Å²) in [7, 11) is 1.91. The van der Waals surface area contributed by atoms with Crippen LogP contribution >= 0.6 is 11.3 Å². The molecule has 8 heteroatoms. The number of aliphatic carboxylic acids is 1. The van der Waals surface area contributed by atoms with Gasteiger partial charge in [-0.15, -0.1) is 11.3 Å². The Morgan fingerprint density at radius 1 is 1.61 bits per heavy atom. The quantitative estimate of drug-likeness (QED) is 0.808. The molecule has 0 saturated heterocycles. The zero-order valence-corrected chi connectivity index (χ0v) is 10.6. The molecule has 0 radical (unpaired) electrons. The highest BCUT2D eigenvalue weighted by molar-refractivity contribution is 7.13. The Kier molecular flexibility index (Phi) is 3.88. The number of nitrogens with one attached hydrogen (secondary N) is 1. The lowest BCUT2D eigenvalue weighted by Crippen LogP contribution is -2.17. The molecule has 2 aromatic heterocycles. The first-order chi connectivity index (χ1) is 8.65. The Bertz CT molecular complexity index is 510. The van der Waals surface area contributed by atoms with Gasteiger partial charge in [-0.1, -0.05) is 0 Å². The van der Waals surface area contributed by atoms with Crippen molar-refractivity contribution in [2.24, 2.45) is 0 Å². The maximum absolute atomic E-state index is 10.5. The fourth-order valence-electron chi connectivity index (χ4n) is 1.42. The molecule has 2 rings (SSSR count). The third-order valence-corrected chi connectivity index (χ3v) is 3.32. The fraction of sp³-hybridized carbons (Fsp3) is 0.400. The molecular weight excluding hydrogens is 254 g/mol. The van der Waals surface area contributed by atoms with Crippen molar-refractivity contribution in [2.75, 3.05) is 11.9 Å². The second-order valence-electron chi connectivity index (χ2n) is 3.80. The molecule has 0 aliphatic rings. The number of carboxylic acids is 1. The van der Waals surface area contributed by atoms with Crippen LogP contribution in [0.1, 0.15) is 17.9 Å². The Morgan fingerprint density at radius 2 is 2.44 bits per heavy atom. The van der Waals surface area contributed by atoms with E-state index in [1.807, 2.05) is 17.3 Å². The molecule has 2 heterocycles. The Labute approximate surface area is 108 Å². The van der Waals surface area contributed by atoms with E-state index in [1.165, 1.54) is 17.7 Å². The second-order valence-corrected chi connectivity index (χ2v) is 4.64. The third kappa shape index (κ3) is 3.27. The first-order valence-corrected chi connectivity index (χ1v) is 6.24. The summed E-state index contributed by atoms with van der Waals surface area (Å²) >= 11 is 1.49. The summed E-state index contributed by atoms with van der Waals surface area (Å²) in [5, 5.41) is 17.9. The van der Waals surface area contributed by atoms with Gasteiger partial charge in [0.15, 0.2) is 5.13 Å². The van der Waals surface area contributed by atoms with Crippen LogP contribution < -0.4 is 4.90 Å². The highest BCUT2D eigenvalue weighted by atomic mass is 32.1. The highest BCUT2D eigenvalue weighted by Crippen LogP contribution is 2.21. The molecule has 0 aromatic carbocycles. The average molecular weight is 267 g/mol. The van der Waals surface area contributed by atoms with Gasteiger partial charge in [-0.3, -0.25) is 9.89 Å². The molecule has 0 atom stereocenters. The van der Waals surface area contributed by atoms with Crippen LogP contribution in [0.2, 0.25) is 0 Å². The van der Waals surface area contributed by atoms with E-state index in [1.54, 1.807) is 0 Å². The van der Waals surface area contributed by atoms with E-state index in [4.69, 9.17) is 5.11 Å². The predicted molar refractivity (Wildman–Crippen MR) is 66.6 cm³/mol. The van der Waals surface area contributed by atoms with Crippen molar-refractivity contribution in [1.29, 1.82) is 0 Å². The molecule has 96 valence electrons. The molecule has 7 nitrogen and oxygen atoms in total. The summed E-state index contributed by atoms with van der Waals surface area (Å²) in [6.45, 7) is 0.589. The molecule has 2 N–H and O–H groups in total. The van der Waals surface area contributed by atoms with E-state index in [-0.39, 0.29) is 6.42 Å². The maximum Gasteiger partial charge on any atom is 0.303 e. The Hall–Kier alpha value is -1.96. The normalized spacial score (nSPS) is 10.5. The van der Waals surface area contributed by atoms with Crippen LogP contribution in [0.5, 0.6) is 0 Å². The lowest BCUT2D eigenvalue weighted by atomic mass is 10.2. The van der Waals surface area contributed by atoms with Crippen molar-refractivity contribution in [1.82, 2.24) is 20.2 Å². The summed E-state index contributed by atoms with van der Waals surface area (Å²) in [6, 6.07) is 0. The number of carboxylic acid groups (broad SMARTS) is 1. The zero-order chi connectivity index (χ0) is 13.0. The number of aromatic nitrogens is 4. The summed E-state index contributed by atoms with van der Waals surface area (Å²) < 4.78 is 0. The predicted octanol–water partition coefficient (Wildman–Crippen LogP) is 0.915. The molecule has 0 unspecified atom stereocenters. The summed E-state index contributed by atoms with van der Waals surface area (Å²) in [5.74, 6) is -0.0423. The Morgan fingerprint density at radius 3 is 3.11 bits per heavy atom. The van der Waals surface area contributed by atoms with Crippen molar-refractivity contribution < 1.29 is 9.90 Å². The van der Waals surface area contributed by atoms with Crippen molar-refractivity contribution in [2.45, 2.75) is 19.4 Å². The zero-order valence-electron chi connectivity index (χ0n) is 9.83. The molecule has 0 aliphatic heterocycles. The van der Waals surface area contributed by atoms with Crippen LogP contribution in [0.3, 0.4) is 0 Å². The van der Waals surface area contributed by atoms with Crippen molar-refractivity contribution in [3.63, 3.8) is 0 Å². The number of anilines is 1. The SMILES string of the molecule is CN(Cc1ncn[nH]1)c1nc(CCC(=O)O)cs1. The van der Waals surface area contributed by atoms with Crippen LogP contribution in [-0.2, 0) is 17.8 Å². The first kappa shape index (κ1) is 12.5. The number of carbonyl (C=O) groups is 1. The minimum Gasteiger partial charge on any atom is -0.481 e. The van der Waals surface area contributed by atoms with Crippen molar-refractivity contribution in [3.05, 3.63) is 23.2 Å². The van der Waals surface area contributed by atoms with Gasteiger partial charge in [-0.05, 0) is 0 Å². The number of thiazole rings is 1. The topological polar surface area (TPSA) is 95.0 Å². The lowest BCUT2D eigenvalue weighted by molar-refractivity contribution is -0.136. The standard InChI is InChI=1S/C10H13N5O2S/c1-15(4-8-11-6-12-14-8)10-13-7(5-18-10)2-3-9(16)17/h5-6H,2-4H2,1H3,(H,16,17)(H,11,12,14). The number of nitrogens with zero attached hydrogens (tertiary/aromatic N) is 4. The van der Waals surface area contributed by atoms with Gasteiger partial charge in [0, 0.05) is 18.8 Å². The largest absolute Gasteiger partial charge is 0.481 e. The molecule has 0 fully saturated rings. The highest BCUT2D eigenvalue weighted by Gasteiger charge is 2.09. The van der Waals surface area contributed by atoms with E-state index >= 15 is 0 Å². The van der Waals surface area contributed by atoms with Gasteiger partial charge in [0.05, 0.1) is 18.7 Å². The van der Waals surface area contributed by atoms with Gasteiger partial charge >= 0.3 is 5.97 Å². The van der Waals surface area contributed by atoms with Gasteiger partial charge in [0.2, 0.25) is 0 Å². The number of hydrogen-bond donors (Lipinski definition) is 2. The van der Waals surface area contributed by atoms with E-state index < -0.39 is 5.97 Å². The van der Waals surface area contributed by atoms with Gasteiger partial charge in [-0.2, -0.15) is 5.10 Å². The van der Waals surface area contributed by atoms with E-state index in [0.29, 0.717) is 13.0 Å². The third-order valence-electron chi connectivity index (χ3n) is 2.31. The van der Waals surface area contributed by atoms with E-state index in [0.717, 1.165) is 16.6 Å². The van der Waals surface area contributed by atoms with E-state index in [9.17, 15) is 4.79 Å². The first-order valence-electron chi connectivity index (χ1n) is 5.36. The van der Waals surface area contributed by atoms with Crippen LogP contribution in [-0.4, -0.2) is 38.3 Å². The average Bonchev–Trinajstić information content (AvgIpc) is 2.96. The molecule has 0 amide bonds. The number of aromatic amines is 1. The molecule has 2 aromatic rings. The van der Waals surface area contributed by atoms with Gasteiger partial charge < -0.3 is 10.0 Å². The molecule has 0 bridgehead atoms. The molecule has 18 heavy (non-hydrogen) atoms. The summed E-state index contributed by atoms with van der Waals surface area (Å²) in [4.78, 5) is 20.8. The lowest BCUT2D eigenvalue weighted by Gasteiger charge is -2.13. The maximum atomic E-state index is 10.5. The molecule has 0 saturated carbocycles. The van der Waals surface area contributed by atoms with Gasteiger partial charge in [0.1, 0.15) is 12.2 Å². The van der Waals surface area contributed by atoms with Crippen LogP contribution in [0.4, 0.5) is 5.13 Å². The van der Waals surface area contributed by atoms with Crippen LogP contribution in [0, 0.1) is 0 Å². The molecule has 0 aliphatic carbocycles. The Balaban J connectivity index is 1.94. The van der Waals surface area contributed by atoms with Crippen molar-refractivity contribution >= 4 is 22.4 Å². The smallest absolute Gasteiger partial charge is 0.303 e. The minimum atomic E-state index is -0.806. The number of aryl methyl sites for hydroxylation is 1. The van der Waals surface area contributed by atoms with E-state index in [2.05, 4.69) is 20.2 Å². The fourth-order valence-corrected chi connectivity index (χ4v) is 2.25. The summed E-state index contributed by atoms with van der Waals surface area (Å²) in [6.07, 6.45) is 2.03. The monoisotopic (exact) mass is 267 g/mol. The van der Waals surface area contributed by atoms with Crippen LogP contribution in [0.15, 0.2) is 11.7 Å². The summed E-state index contributed by atoms with van der Waals surface area (Å²) in [5.41, 5.74) is 0.807. The van der Waals surface area contributed by atoms with Gasteiger partial charge in [-0.25, -0.2) is 9.97 Å². The number of hydrogen-bond acceptors (Lipinski definition) is 6. The molecule has 0 spiro atoms. The van der Waals surface area contributed by atoms with Crippen molar-refractivity contribution in [3.8, 4) is 0 Å².